The van der Waals surface area contributed by atoms with Crippen molar-refractivity contribution < 1.29 is 23.8 Å². The van der Waals surface area contributed by atoms with E-state index in [2.05, 4.69) is 10.9 Å². The smallest absolute Gasteiger partial charge is 0.276 e. The van der Waals surface area contributed by atoms with Gasteiger partial charge in [-0.3, -0.25) is 20.4 Å². The maximum Gasteiger partial charge on any atom is 0.276 e. The topological polar surface area (TPSA) is 85.9 Å². The summed E-state index contributed by atoms with van der Waals surface area (Å²) in [5.41, 5.74) is 5.56. The molecule has 0 spiro atoms. The number of carbonyl (C=O) groups excluding carboxylic acids is 2. The van der Waals surface area contributed by atoms with Crippen molar-refractivity contribution in [3.63, 3.8) is 0 Å². The lowest BCUT2D eigenvalue weighted by atomic mass is 10.2. The average molecular weight is 358 g/mol. The molecule has 0 radical (unpaired) electrons. The Bertz CT molecular complexity index is 748. The molecule has 0 bridgehead atoms. The van der Waals surface area contributed by atoms with Crippen LogP contribution in [0.15, 0.2) is 48.5 Å². The molecule has 0 atom stereocenters. The maximum atomic E-state index is 11.8. The van der Waals surface area contributed by atoms with E-state index in [4.69, 9.17) is 14.2 Å². The molecule has 0 heterocycles. The molecule has 26 heavy (non-hydrogen) atoms. The molecule has 7 nitrogen and oxygen atoms in total. The second-order valence-electron chi connectivity index (χ2n) is 5.37. The normalized spacial score (nSPS) is 9.92. The number of para-hydroxylation sites is 2. The molecular formula is C19H22N2O5. The van der Waals surface area contributed by atoms with Gasteiger partial charge in [-0.1, -0.05) is 24.3 Å². The molecule has 0 fully saturated rings. The standard InChI is InChI=1S/C19H22N2O5/c1-3-24-16-9-4-5-10-17(16)26-13-19(23)21-20-18(22)12-25-15-8-6-7-14(2)11-15/h4-11H,3,12-13H2,1-2H3,(H,20,22)(H,21,23). The zero-order chi connectivity index (χ0) is 18.8. The van der Waals surface area contributed by atoms with Gasteiger partial charge in [0.05, 0.1) is 6.61 Å². The SMILES string of the molecule is CCOc1ccccc1OCC(=O)NNC(=O)COc1cccc(C)c1. The summed E-state index contributed by atoms with van der Waals surface area (Å²) < 4.78 is 16.2. The lowest BCUT2D eigenvalue weighted by Gasteiger charge is -2.12. The number of ether oxygens (including phenoxy) is 3. The Morgan fingerprint density at radius 3 is 2.08 bits per heavy atom. The third-order valence-electron chi connectivity index (χ3n) is 3.21. The number of hydrogen-bond acceptors (Lipinski definition) is 5. The van der Waals surface area contributed by atoms with Gasteiger partial charge >= 0.3 is 0 Å². The Balaban J connectivity index is 1.70. The van der Waals surface area contributed by atoms with Gasteiger partial charge in [0.25, 0.3) is 11.8 Å². The predicted octanol–water partition coefficient (Wildman–Crippen LogP) is 2.00. The second kappa shape index (κ2) is 9.93. The van der Waals surface area contributed by atoms with Crippen molar-refractivity contribution in [3.8, 4) is 17.2 Å². The molecule has 2 N–H and O–H groups in total. The van der Waals surface area contributed by atoms with Gasteiger partial charge in [-0.15, -0.1) is 0 Å². The van der Waals surface area contributed by atoms with Gasteiger partial charge in [-0.2, -0.15) is 0 Å². The predicted molar refractivity (Wildman–Crippen MR) is 96.1 cm³/mol. The van der Waals surface area contributed by atoms with E-state index in [1.54, 1.807) is 24.3 Å². The zero-order valence-corrected chi connectivity index (χ0v) is 14.8. The van der Waals surface area contributed by atoms with E-state index in [-0.39, 0.29) is 13.2 Å². The number of aryl methyl sites for hydroxylation is 1. The Morgan fingerprint density at radius 1 is 0.846 bits per heavy atom. The van der Waals surface area contributed by atoms with E-state index < -0.39 is 11.8 Å². The van der Waals surface area contributed by atoms with Gasteiger partial charge in [0.1, 0.15) is 5.75 Å². The third kappa shape index (κ3) is 6.35. The summed E-state index contributed by atoms with van der Waals surface area (Å²) in [6, 6.07) is 14.4. The van der Waals surface area contributed by atoms with Crippen LogP contribution < -0.4 is 25.1 Å². The van der Waals surface area contributed by atoms with Crippen LogP contribution in [0.3, 0.4) is 0 Å². The largest absolute Gasteiger partial charge is 0.490 e. The highest BCUT2D eigenvalue weighted by Gasteiger charge is 2.09. The molecule has 2 amide bonds. The molecular weight excluding hydrogens is 336 g/mol. The number of amides is 2. The van der Waals surface area contributed by atoms with Gasteiger partial charge in [-0.05, 0) is 43.7 Å². The molecule has 0 aromatic heterocycles. The summed E-state index contributed by atoms with van der Waals surface area (Å²) in [6.07, 6.45) is 0. The highest BCUT2D eigenvalue weighted by atomic mass is 16.5. The van der Waals surface area contributed by atoms with E-state index in [0.29, 0.717) is 23.9 Å². The molecule has 138 valence electrons. The third-order valence-corrected chi connectivity index (χ3v) is 3.21. The van der Waals surface area contributed by atoms with Crippen molar-refractivity contribution in [1.29, 1.82) is 0 Å². The van der Waals surface area contributed by atoms with Crippen LogP contribution in [0, 0.1) is 6.92 Å². The molecule has 7 heteroatoms. The van der Waals surface area contributed by atoms with Crippen molar-refractivity contribution in [3.05, 3.63) is 54.1 Å². The summed E-state index contributed by atoms with van der Waals surface area (Å²) in [5, 5.41) is 0. The number of nitrogens with one attached hydrogen (secondary N) is 2. The molecule has 2 aromatic carbocycles. The van der Waals surface area contributed by atoms with Crippen LogP contribution in [-0.2, 0) is 9.59 Å². The van der Waals surface area contributed by atoms with Gasteiger partial charge in [0.2, 0.25) is 0 Å². The van der Waals surface area contributed by atoms with Gasteiger partial charge in [0, 0.05) is 0 Å². The van der Waals surface area contributed by atoms with Crippen LogP contribution in [-0.4, -0.2) is 31.6 Å². The molecule has 0 aliphatic rings. The van der Waals surface area contributed by atoms with Crippen LogP contribution in [0.4, 0.5) is 0 Å². The quantitative estimate of drug-likeness (QED) is 0.705. The first-order chi connectivity index (χ1) is 12.6. The lowest BCUT2D eigenvalue weighted by Crippen LogP contribution is -2.45. The first-order valence-electron chi connectivity index (χ1n) is 8.20. The molecule has 2 rings (SSSR count). The summed E-state index contributed by atoms with van der Waals surface area (Å²) in [5.74, 6) is 0.620. The van der Waals surface area contributed by atoms with E-state index in [0.717, 1.165) is 5.56 Å². The van der Waals surface area contributed by atoms with Gasteiger partial charge < -0.3 is 14.2 Å². The molecule has 0 aliphatic carbocycles. The fourth-order valence-electron chi connectivity index (χ4n) is 2.05. The molecule has 2 aromatic rings. The fourth-order valence-corrected chi connectivity index (χ4v) is 2.05. The van der Waals surface area contributed by atoms with Crippen LogP contribution in [0.25, 0.3) is 0 Å². The van der Waals surface area contributed by atoms with Crippen LogP contribution in [0.2, 0.25) is 0 Å². The minimum Gasteiger partial charge on any atom is -0.490 e. The number of hydrazine groups is 1. The number of benzene rings is 2. The zero-order valence-electron chi connectivity index (χ0n) is 14.8. The van der Waals surface area contributed by atoms with Crippen LogP contribution in [0.1, 0.15) is 12.5 Å². The second-order valence-corrected chi connectivity index (χ2v) is 5.37. The molecule has 0 unspecified atom stereocenters. The number of rotatable bonds is 8. The first-order valence-corrected chi connectivity index (χ1v) is 8.20. The Hall–Kier alpha value is -3.22. The van der Waals surface area contributed by atoms with Crippen molar-refractivity contribution in [2.75, 3.05) is 19.8 Å². The summed E-state index contributed by atoms with van der Waals surface area (Å²) >= 11 is 0. The highest BCUT2D eigenvalue weighted by molar-refractivity contribution is 5.83. The van der Waals surface area contributed by atoms with Crippen molar-refractivity contribution in [2.45, 2.75) is 13.8 Å². The van der Waals surface area contributed by atoms with Crippen molar-refractivity contribution >= 4 is 11.8 Å². The van der Waals surface area contributed by atoms with E-state index in [1.807, 2.05) is 38.1 Å². The summed E-state index contributed by atoms with van der Waals surface area (Å²) in [6.45, 7) is 3.80. The van der Waals surface area contributed by atoms with E-state index >= 15 is 0 Å². The highest BCUT2D eigenvalue weighted by Crippen LogP contribution is 2.26. The maximum absolute atomic E-state index is 11.8. The summed E-state index contributed by atoms with van der Waals surface area (Å²) in [7, 11) is 0. The average Bonchev–Trinajstić information content (AvgIpc) is 2.64. The Kier molecular flexibility index (Phi) is 7.30. The molecule has 0 aliphatic heterocycles. The fraction of sp³-hybridized carbons (Fsp3) is 0.263. The Morgan fingerprint density at radius 2 is 1.46 bits per heavy atom. The minimum absolute atomic E-state index is 0.211. The van der Waals surface area contributed by atoms with Gasteiger partial charge in [0.15, 0.2) is 24.7 Å². The summed E-state index contributed by atoms with van der Waals surface area (Å²) in [4.78, 5) is 23.5. The molecule has 0 saturated heterocycles. The minimum atomic E-state index is -0.500. The van der Waals surface area contributed by atoms with E-state index in [1.165, 1.54) is 0 Å². The monoisotopic (exact) mass is 358 g/mol. The number of carbonyl (C=O) groups is 2. The van der Waals surface area contributed by atoms with Crippen LogP contribution in [0.5, 0.6) is 17.2 Å². The lowest BCUT2D eigenvalue weighted by molar-refractivity contribution is -0.131. The Labute approximate surface area is 152 Å². The van der Waals surface area contributed by atoms with Gasteiger partial charge in [-0.25, -0.2) is 0 Å². The van der Waals surface area contributed by atoms with E-state index in [9.17, 15) is 9.59 Å². The number of hydrogen-bond donors (Lipinski definition) is 2. The first kappa shape index (κ1) is 19.1. The van der Waals surface area contributed by atoms with Crippen LogP contribution >= 0.6 is 0 Å². The molecule has 0 saturated carbocycles. The van der Waals surface area contributed by atoms with Crippen molar-refractivity contribution in [1.82, 2.24) is 10.9 Å². The van der Waals surface area contributed by atoms with Crippen molar-refractivity contribution in [2.24, 2.45) is 0 Å².